The van der Waals surface area contributed by atoms with E-state index in [0.29, 0.717) is 13.0 Å². The standard InChI is InChI=1S/C19H28O5/c1-4-7-19(20)23-13-18(16-8-5-6-9-17(16)21-3)24-15-10-11-22-14(2)12-15/h5-6,8-9,14-15,18H,4,7,10-13H2,1-3H3/t14?,15?,18-/m0/s1. The summed E-state index contributed by atoms with van der Waals surface area (Å²) >= 11 is 0. The zero-order chi connectivity index (χ0) is 17.4. The molecule has 1 saturated heterocycles. The Morgan fingerprint density at radius 2 is 2.17 bits per heavy atom. The van der Waals surface area contributed by atoms with Crippen LogP contribution in [0.15, 0.2) is 24.3 Å². The fraction of sp³-hybridized carbons (Fsp3) is 0.632. The zero-order valence-electron chi connectivity index (χ0n) is 14.8. The number of carbonyl (C=O) groups excluding carboxylic acids is 1. The molecule has 0 bridgehead atoms. The molecular formula is C19H28O5. The van der Waals surface area contributed by atoms with E-state index in [1.165, 1.54) is 0 Å². The summed E-state index contributed by atoms with van der Waals surface area (Å²) in [5, 5.41) is 0. The molecule has 0 N–H and O–H groups in total. The fourth-order valence-corrected chi connectivity index (χ4v) is 2.89. The monoisotopic (exact) mass is 336 g/mol. The van der Waals surface area contributed by atoms with Crippen molar-refractivity contribution in [1.29, 1.82) is 0 Å². The van der Waals surface area contributed by atoms with Crippen LogP contribution in [0.2, 0.25) is 0 Å². The summed E-state index contributed by atoms with van der Waals surface area (Å²) in [7, 11) is 1.63. The molecule has 5 heteroatoms. The molecule has 1 aromatic rings. The Bertz CT molecular complexity index is 516. The van der Waals surface area contributed by atoms with Gasteiger partial charge in [0.1, 0.15) is 18.5 Å². The molecule has 0 amide bonds. The molecule has 1 aliphatic rings. The van der Waals surface area contributed by atoms with Gasteiger partial charge in [0.25, 0.3) is 0 Å². The van der Waals surface area contributed by atoms with Gasteiger partial charge >= 0.3 is 5.97 Å². The van der Waals surface area contributed by atoms with Crippen LogP contribution in [0.3, 0.4) is 0 Å². The van der Waals surface area contributed by atoms with Crippen LogP contribution in [0.1, 0.15) is 51.2 Å². The summed E-state index contributed by atoms with van der Waals surface area (Å²) in [5.41, 5.74) is 0.906. The molecule has 2 unspecified atom stereocenters. The van der Waals surface area contributed by atoms with E-state index < -0.39 is 0 Å². The van der Waals surface area contributed by atoms with E-state index in [2.05, 4.69) is 6.92 Å². The summed E-state index contributed by atoms with van der Waals surface area (Å²) < 4.78 is 22.7. The number of esters is 1. The van der Waals surface area contributed by atoms with E-state index in [9.17, 15) is 4.79 Å². The first-order valence-corrected chi connectivity index (χ1v) is 8.69. The molecule has 0 aromatic heterocycles. The maximum atomic E-state index is 11.7. The van der Waals surface area contributed by atoms with Crippen LogP contribution in [-0.4, -0.2) is 38.5 Å². The van der Waals surface area contributed by atoms with Gasteiger partial charge in [-0.25, -0.2) is 0 Å². The average Bonchev–Trinajstić information content (AvgIpc) is 2.59. The maximum Gasteiger partial charge on any atom is 0.305 e. The Balaban J connectivity index is 2.09. The number of para-hydroxylation sites is 1. The second-order valence-corrected chi connectivity index (χ2v) is 6.13. The minimum Gasteiger partial charge on any atom is -0.496 e. The van der Waals surface area contributed by atoms with Crippen molar-refractivity contribution in [3.05, 3.63) is 29.8 Å². The summed E-state index contributed by atoms with van der Waals surface area (Å²) in [5.74, 6) is 0.551. The van der Waals surface area contributed by atoms with E-state index in [1.807, 2.05) is 31.2 Å². The average molecular weight is 336 g/mol. The summed E-state index contributed by atoms with van der Waals surface area (Å²) in [6, 6.07) is 7.71. The van der Waals surface area contributed by atoms with Gasteiger partial charge in [-0.05, 0) is 32.3 Å². The van der Waals surface area contributed by atoms with Crippen molar-refractivity contribution < 1.29 is 23.7 Å². The number of rotatable bonds is 8. The van der Waals surface area contributed by atoms with Gasteiger partial charge in [0.2, 0.25) is 0 Å². The second kappa shape index (κ2) is 9.64. The minimum absolute atomic E-state index is 0.0912. The topological polar surface area (TPSA) is 54.0 Å². The predicted molar refractivity (Wildman–Crippen MR) is 91.1 cm³/mol. The first-order chi connectivity index (χ1) is 11.6. The summed E-state index contributed by atoms with van der Waals surface area (Å²) in [6.45, 7) is 4.90. The van der Waals surface area contributed by atoms with Crippen LogP contribution in [0, 0.1) is 0 Å². The molecule has 1 fully saturated rings. The van der Waals surface area contributed by atoms with Crippen LogP contribution in [0.4, 0.5) is 0 Å². The second-order valence-electron chi connectivity index (χ2n) is 6.13. The first kappa shape index (κ1) is 18.7. The van der Waals surface area contributed by atoms with Gasteiger partial charge < -0.3 is 18.9 Å². The molecular weight excluding hydrogens is 308 g/mol. The van der Waals surface area contributed by atoms with Crippen molar-refractivity contribution in [2.45, 2.75) is 57.8 Å². The van der Waals surface area contributed by atoms with E-state index in [-0.39, 0.29) is 30.9 Å². The van der Waals surface area contributed by atoms with Crippen molar-refractivity contribution in [3.63, 3.8) is 0 Å². The SMILES string of the molecule is CCCC(=O)OC[C@H](OC1CCOC(C)C1)c1ccccc1OC. The number of methoxy groups -OCH3 is 1. The molecule has 2 rings (SSSR count). The molecule has 1 aromatic carbocycles. The quantitative estimate of drug-likeness (QED) is 0.678. The lowest BCUT2D eigenvalue weighted by molar-refractivity contribution is -0.153. The predicted octanol–water partition coefficient (Wildman–Crippen LogP) is 3.66. The lowest BCUT2D eigenvalue weighted by Gasteiger charge is -2.31. The van der Waals surface area contributed by atoms with Crippen molar-refractivity contribution >= 4 is 5.97 Å². The highest BCUT2D eigenvalue weighted by atomic mass is 16.6. The summed E-state index contributed by atoms with van der Waals surface area (Å²) in [6.07, 6.45) is 2.83. The fourth-order valence-electron chi connectivity index (χ4n) is 2.89. The molecule has 3 atom stereocenters. The molecule has 0 radical (unpaired) electrons. The van der Waals surface area contributed by atoms with Gasteiger partial charge in [0.15, 0.2) is 0 Å². The zero-order valence-corrected chi connectivity index (χ0v) is 14.8. The number of benzene rings is 1. The Morgan fingerprint density at radius 3 is 2.88 bits per heavy atom. The first-order valence-electron chi connectivity index (χ1n) is 8.69. The van der Waals surface area contributed by atoms with E-state index in [1.54, 1.807) is 7.11 Å². The van der Waals surface area contributed by atoms with Gasteiger partial charge in [-0.3, -0.25) is 4.79 Å². The lowest BCUT2D eigenvalue weighted by atomic mass is 10.0. The third-order valence-electron chi connectivity index (χ3n) is 4.13. The Kier molecular flexibility index (Phi) is 7.53. The molecule has 24 heavy (non-hydrogen) atoms. The molecule has 0 saturated carbocycles. The Morgan fingerprint density at radius 1 is 1.38 bits per heavy atom. The highest BCUT2D eigenvalue weighted by molar-refractivity contribution is 5.69. The van der Waals surface area contributed by atoms with Crippen LogP contribution in [-0.2, 0) is 19.0 Å². The van der Waals surface area contributed by atoms with Gasteiger partial charge in [-0.1, -0.05) is 25.1 Å². The van der Waals surface area contributed by atoms with Crippen molar-refractivity contribution in [2.24, 2.45) is 0 Å². The number of carbonyl (C=O) groups is 1. The van der Waals surface area contributed by atoms with Crippen molar-refractivity contribution in [3.8, 4) is 5.75 Å². The van der Waals surface area contributed by atoms with Crippen molar-refractivity contribution in [1.82, 2.24) is 0 Å². The third-order valence-corrected chi connectivity index (χ3v) is 4.13. The van der Waals surface area contributed by atoms with E-state index >= 15 is 0 Å². The summed E-state index contributed by atoms with van der Waals surface area (Å²) in [4.78, 5) is 11.7. The lowest BCUT2D eigenvalue weighted by Crippen LogP contribution is -2.31. The van der Waals surface area contributed by atoms with Crippen LogP contribution < -0.4 is 4.74 Å². The van der Waals surface area contributed by atoms with Crippen LogP contribution in [0.5, 0.6) is 5.75 Å². The molecule has 0 spiro atoms. The van der Waals surface area contributed by atoms with Gasteiger partial charge in [0, 0.05) is 18.6 Å². The molecule has 134 valence electrons. The smallest absolute Gasteiger partial charge is 0.305 e. The number of hydrogen-bond donors (Lipinski definition) is 0. The van der Waals surface area contributed by atoms with Crippen LogP contribution in [0.25, 0.3) is 0 Å². The Labute approximate surface area is 144 Å². The maximum absolute atomic E-state index is 11.7. The van der Waals surface area contributed by atoms with Gasteiger partial charge in [-0.2, -0.15) is 0 Å². The van der Waals surface area contributed by atoms with Crippen molar-refractivity contribution in [2.75, 3.05) is 20.3 Å². The highest BCUT2D eigenvalue weighted by Gasteiger charge is 2.26. The molecule has 1 aliphatic heterocycles. The number of ether oxygens (including phenoxy) is 4. The minimum atomic E-state index is -0.336. The third kappa shape index (κ3) is 5.49. The number of hydrogen-bond acceptors (Lipinski definition) is 5. The molecule has 1 heterocycles. The highest BCUT2D eigenvalue weighted by Crippen LogP contribution is 2.31. The van der Waals surface area contributed by atoms with Gasteiger partial charge in [0.05, 0.1) is 19.3 Å². The normalized spacial score (nSPS) is 22.0. The van der Waals surface area contributed by atoms with E-state index in [4.69, 9.17) is 18.9 Å². The molecule has 5 nitrogen and oxygen atoms in total. The van der Waals surface area contributed by atoms with E-state index in [0.717, 1.165) is 30.6 Å². The van der Waals surface area contributed by atoms with Crippen LogP contribution >= 0.6 is 0 Å². The Hall–Kier alpha value is -1.59. The largest absolute Gasteiger partial charge is 0.496 e. The van der Waals surface area contributed by atoms with Gasteiger partial charge in [-0.15, -0.1) is 0 Å². The molecule has 0 aliphatic carbocycles.